The number of hydrogen-bond acceptors (Lipinski definition) is 7. The third-order valence-electron chi connectivity index (χ3n) is 4.08. The molecule has 1 unspecified atom stereocenters. The molecule has 9 heteroatoms. The molecule has 0 aliphatic rings. The summed E-state index contributed by atoms with van der Waals surface area (Å²) in [6.45, 7) is 5.04. The predicted octanol–water partition coefficient (Wildman–Crippen LogP) is 1.48. The predicted molar refractivity (Wildman–Crippen MR) is 110 cm³/mol. The lowest BCUT2D eigenvalue weighted by Gasteiger charge is -2.30. The molecule has 168 valence electrons. The van der Waals surface area contributed by atoms with Gasteiger partial charge in [0.2, 0.25) is 5.91 Å². The zero-order valence-corrected chi connectivity index (χ0v) is 18.2. The fraction of sp³-hybridized carbons (Fsp3) is 0.571. The van der Waals surface area contributed by atoms with E-state index in [0.717, 1.165) is 5.56 Å². The first-order chi connectivity index (χ1) is 14.1. The minimum absolute atomic E-state index is 0.0639. The summed E-state index contributed by atoms with van der Waals surface area (Å²) in [6, 6.07) is 8.01. The average Bonchev–Trinajstić information content (AvgIpc) is 2.69. The molecule has 0 saturated heterocycles. The number of carbonyl (C=O) groups is 3. The number of esters is 1. The van der Waals surface area contributed by atoms with Gasteiger partial charge in [-0.15, -0.1) is 0 Å². The molecule has 0 aromatic heterocycles. The quantitative estimate of drug-likeness (QED) is 0.547. The SMILES string of the molecule is COC(=O)C[C@@H](NC(=O)OC(C)(C)C)C(=O)N(Cc1ccccc1)CC(CO)OC. The Morgan fingerprint density at radius 3 is 2.27 bits per heavy atom. The first-order valence-electron chi connectivity index (χ1n) is 9.62. The molecule has 0 aliphatic carbocycles. The second-order valence-corrected chi connectivity index (χ2v) is 7.72. The lowest BCUT2D eigenvalue weighted by atomic mass is 10.1. The van der Waals surface area contributed by atoms with Gasteiger partial charge < -0.3 is 29.5 Å². The molecule has 0 saturated carbocycles. The van der Waals surface area contributed by atoms with Crippen molar-refractivity contribution in [1.82, 2.24) is 10.2 Å². The van der Waals surface area contributed by atoms with Gasteiger partial charge in [-0.25, -0.2) is 4.79 Å². The van der Waals surface area contributed by atoms with Gasteiger partial charge in [0.05, 0.1) is 26.2 Å². The summed E-state index contributed by atoms with van der Waals surface area (Å²) in [5.74, 6) is -1.18. The van der Waals surface area contributed by atoms with Gasteiger partial charge in [0.25, 0.3) is 0 Å². The highest BCUT2D eigenvalue weighted by Crippen LogP contribution is 2.12. The lowest BCUT2D eigenvalue weighted by molar-refractivity contribution is -0.146. The second-order valence-electron chi connectivity index (χ2n) is 7.72. The average molecular weight is 424 g/mol. The number of ether oxygens (including phenoxy) is 3. The summed E-state index contributed by atoms with van der Waals surface area (Å²) in [6.07, 6.45) is -1.82. The molecule has 0 heterocycles. The number of rotatable bonds is 10. The van der Waals surface area contributed by atoms with Crippen molar-refractivity contribution >= 4 is 18.0 Å². The van der Waals surface area contributed by atoms with Crippen LogP contribution in [0.3, 0.4) is 0 Å². The summed E-state index contributed by atoms with van der Waals surface area (Å²) >= 11 is 0. The van der Waals surface area contributed by atoms with Crippen molar-refractivity contribution in [2.24, 2.45) is 0 Å². The second kappa shape index (κ2) is 12.1. The van der Waals surface area contributed by atoms with Crippen molar-refractivity contribution in [2.45, 2.75) is 51.5 Å². The molecule has 1 rings (SSSR count). The minimum Gasteiger partial charge on any atom is -0.469 e. The van der Waals surface area contributed by atoms with Crippen molar-refractivity contribution < 1.29 is 33.7 Å². The van der Waals surface area contributed by atoms with Crippen LogP contribution in [0.25, 0.3) is 0 Å². The van der Waals surface area contributed by atoms with E-state index in [9.17, 15) is 19.5 Å². The molecular formula is C21H32N2O7. The fourth-order valence-electron chi connectivity index (χ4n) is 2.61. The normalized spacial score (nSPS) is 13.1. The Bertz CT molecular complexity index is 684. The molecule has 2 atom stereocenters. The molecule has 0 spiro atoms. The van der Waals surface area contributed by atoms with E-state index in [2.05, 4.69) is 10.1 Å². The maximum absolute atomic E-state index is 13.3. The van der Waals surface area contributed by atoms with Crippen LogP contribution in [0.1, 0.15) is 32.8 Å². The van der Waals surface area contributed by atoms with Crippen LogP contribution in [-0.4, -0.2) is 73.1 Å². The van der Waals surface area contributed by atoms with E-state index in [0.29, 0.717) is 0 Å². The molecule has 2 N–H and O–H groups in total. The molecule has 1 aromatic rings. The van der Waals surface area contributed by atoms with Crippen molar-refractivity contribution in [2.75, 3.05) is 27.4 Å². The minimum atomic E-state index is -1.20. The van der Waals surface area contributed by atoms with Gasteiger partial charge in [0.1, 0.15) is 11.6 Å². The number of methoxy groups -OCH3 is 2. The Hall–Kier alpha value is -2.65. The maximum Gasteiger partial charge on any atom is 0.408 e. The highest BCUT2D eigenvalue weighted by molar-refractivity contribution is 5.89. The van der Waals surface area contributed by atoms with Gasteiger partial charge in [0, 0.05) is 20.2 Å². The van der Waals surface area contributed by atoms with Crippen LogP contribution in [0.4, 0.5) is 4.79 Å². The van der Waals surface area contributed by atoms with Crippen LogP contribution in [0, 0.1) is 0 Å². The topological polar surface area (TPSA) is 114 Å². The Kier molecular flexibility index (Phi) is 10.3. The Balaban J connectivity index is 3.10. The molecule has 0 bridgehead atoms. The largest absolute Gasteiger partial charge is 0.469 e. The number of alkyl carbamates (subject to hydrolysis) is 1. The molecule has 0 radical (unpaired) electrons. The van der Waals surface area contributed by atoms with Crippen molar-refractivity contribution in [3.63, 3.8) is 0 Å². The number of nitrogens with one attached hydrogen (secondary N) is 1. The Labute approximate surface area is 177 Å². The summed E-state index contributed by atoms with van der Waals surface area (Å²) in [7, 11) is 2.63. The van der Waals surface area contributed by atoms with Gasteiger partial charge in [-0.1, -0.05) is 30.3 Å². The molecule has 30 heavy (non-hydrogen) atoms. The van der Waals surface area contributed by atoms with E-state index >= 15 is 0 Å². The number of hydrogen-bond donors (Lipinski definition) is 2. The zero-order valence-electron chi connectivity index (χ0n) is 18.2. The van der Waals surface area contributed by atoms with Gasteiger partial charge in [-0.3, -0.25) is 9.59 Å². The summed E-state index contributed by atoms with van der Waals surface area (Å²) in [5.41, 5.74) is 0.0674. The molecule has 0 aliphatic heterocycles. The first kappa shape index (κ1) is 25.4. The van der Waals surface area contributed by atoms with Crippen LogP contribution in [0.2, 0.25) is 0 Å². The summed E-state index contributed by atoms with van der Waals surface area (Å²) in [4.78, 5) is 38.8. The highest BCUT2D eigenvalue weighted by atomic mass is 16.6. The van der Waals surface area contributed by atoms with Crippen molar-refractivity contribution in [3.8, 4) is 0 Å². The molecule has 9 nitrogen and oxygen atoms in total. The standard InChI is InChI=1S/C21H32N2O7/c1-21(2,3)30-20(27)22-17(11-18(25)29-5)19(26)23(13-16(14-24)28-4)12-15-9-7-6-8-10-15/h6-10,16-17,24H,11-14H2,1-5H3,(H,22,27)/t16?,17-/m1/s1. The van der Waals surface area contributed by atoms with E-state index in [4.69, 9.17) is 9.47 Å². The van der Waals surface area contributed by atoms with E-state index < -0.39 is 35.7 Å². The number of amides is 2. The highest BCUT2D eigenvalue weighted by Gasteiger charge is 2.31. The van der Waals surface area contributed by atoms with E-state index in [-0.39, 0.29) is 26.1 Å². The van der Waals surface area contributed by atoms with E-state index in [1.165, 1.54) is 19.1 Å². The number of aliphatic hydroxyl groups excluding tert-OH is 1. The molecule has 2 amide bonds. The third kappa shape index (κ3) is 9.23. The van der Waals surface area contributed by atoms with Crippen LogP contribution < -0.4 is 5.32 Å². The molecule has 1 aromatic carbocycles. The Morgan fingerprint density at radius 2 is 1.77 bits per heavy atom. The first-order valence-corrected chi connectivity index (χ1v) is 9.62. The molecule has 0 fully saturated rings. The Morgan fingerprint density at radius 1 is 1.13 bits per heavy atom. The van der Waals surface area contributed by atoms with Crippen LogP contribution >= 0.6 is 0 Å². The maximum atomic E-state index is 13.3. The van der Waals surface area contributed by atoms with Crippen LogP contribution in [-0.2, 0) is 30.3 Å². The van der Waals surface area contributed by atoms with Crippen molar-refractivity contribution in [3.05, 3.63) is 35.9 Å². The number of aliphatic hydroxyl groups is 1. The third-order valence-corrected chi connectivity index (χ3v) is 4.08. The van der Waals surface area contributed by atoms with Gasteiger partial charge in [0.15, 0.2) is 0 Å². The number of nitrogens with zero attached hydrogens (tertiary/aromatic N) is 1. The fourth-order valence-corrected chi connectivity index (χ4v) is 2.61. The summed E-state index contributed by atoms with van der Waals surface area (Å²) < 4.78 is 15.1. The van der Waals surface area contributed by atoms with E-state index in [1.807, 2.05) is 30.3 Å². The smallest absolute Gasteiger partial charge is 0.408 e. The van der Waals surface area contributed by atoms with Crippen molar-refractivity contribution in [1.29, 1.82) is 0 Å². The summed E-state index contributed by atoms with van der Waals surface area (Å²) in [5, 5.41) is 11.9. The van der Waals surface area contributed by atoms with Gasteiger partial charge in [-0.2, -0.15) is 0 Å². The van der Waals surface area contributed by atoms with Crippen LogP contribution in [0.15, 0.2) is 30.3 Å². The lowest BCUT2D eigenvalue weighted by Crippen LogP contribution is -2.52. The number of benzene rings is 1. The van der Waals surface area contributed by atoms with Gasteiger partial charge in [-0.05, 0) is 26.3 Å². The molecular weight excluding hydrogens is 392 g/mol. The number of carbonyl (C=O) groups excluding carboxylic acids is 3. The zero-order chi connectivity index (χ0) is 22.7. The van der Waals surface area contributed by atoms with E-state index in [1.54, 1.807) is 20.8 Å². The monoisotopic (exact) mass is 424 g/mol. The van der Waals surface area contributed by atoms with Crippen LogP contribution in [0.5, 0.6) is 0 Å². The van der Waals surface area contributed by atoms with Gasteiger partial charge >= 0.3 is 12.1 Å².